The van der Waals surface area contributed by atoms with Gasteiger partial charge >= 0.3 is 0 Å². The van der Waals surface area contributed by atoms with E-state index in [1.807, 2.05) is 0 Å². The first-order valence-electron chi connectivity index (χ1n) is 7.70. The maximum atomic E-state index is 13.8. The predicted octanol–water partition coefficient (Wildman–Crippen LogP) is 3.50. The molecule has 1 N–H and O–H groups in total. The number of ether oxygens (including phenoxy) is 2. The number of hydrogen-bond donors (Lipinski definition) is 1. The molecule has 0 aliphatic carbocycles. The second-order valence-corrected chi connectivity index (χ2v) is 7.54. The highest BCUT2D eigenvalue weighted by Gasteiger charge is 2.21. The molecule has 2 aromatic carbocycles. The molecule has 5 nitrogen and oxygen atoms in total. The van der Waals surface area contributed by atoms with Crippen LogP contribution in [0.4, 0.5) is 4.39 Å². The zero-order valence-corrected chi connectivity index (χ0v) is 15.7. The Kier molecular flexibility index (Phi) is 5.69. The first-order valence-corrected chi connectivity index (χ1v) is 9.19. The number of nitrogens with one attached hydrogen (secondary N) is 1. The molecule has 1 unspecified atom stereocenters. The Hall–Kier alpha value is -2.12. The smallest absolute Gasteiger partial charge is 0.241 e. The van der Waals surface area contributed by atoms with E-state index in [1.54, 1.807) is 46.1 Å². The summed E-state index contributed by atoms with van der Waals surface area (Å²) in [5.74, 6) is 0.228. The molecular weight excluding hydrogens is 345 g/mol. The van der Waals surface area contributed by atoms with Crippen LogP contribution in [0, 0.1) is 19.7 Å². The summed E-state index contributed by atoms with van der Waals surface area (Å²) in [7, 11) is -0.848. The SMILES string of the molecule is COc1ccc(C(C)NS(=O)(=O)c2cc(C)c(OC)c(C)c2)cc1F. The van der Waals surface area contributed by atoms with E-state index in [4.69, 9.17) is 9.47 Å². The lowest BCUT2D eigenvalue weighted by Gasteiger charge is -2.17. The molecule has 25 heavy (non-hydrogen) atoms. The third kappa shape index (κ3) is 4.11. The molecule has 0 aliphatic rings. The zero-order chi connectivity index (χ0) is 18.8. The fourth-order valence-corrected chi connectivity index (χ4v) is 4.11. The number of methoxy groups -OCH3 is 2. The van der Waals surface area contributed by atoms with Crippen molar-refractivity contribution in [3.63, 3.8) is 0 Å². The normalized spacial score (nSPS) is 12.7. The first-order chi connectivity index (χ1) is 11.7. The van der Waals surface area contributed by atoms with Gasteiger partial charge in [-0.15, -0.1) is 0 Å². The minimum atomic E-state index is -3.77. The molecule has 0 radical (unpaired) electrons. The van der Waals surface area contributed by atoms with Crippen LogP contribution >= 0.6 is 0 Å². The van der Waals surface area contributed by atoms with Gasteiger partial charge in [0.05, 0.1) is 19.1 Å². The predicted molar refractivity (Wildman–Crippen MR) is 94.2 cm³/mol. The van der Waals surface area contributed by atoms with Gasteiger partial charge in [-0.3, -0.25) is 0 Å². The molecule has 2 aromatic rings. The van der Waals surface area contributed by atoms with Gasteiger partial charge in [0.15, 0.2) is 11.6 Å². The lowest BCUT2D eigenvalue weighted by Crippen LogP contribution is -2.27. The van der Waals surface area contributed by atoms with E-state index in [9.17, 15) is 12.8 Å². The Bertz CT molecular complexity index is 858. The Morgan fingerprint density at radius 3 is 2.12 bits per heavy atom. The number of hydrogen-bond acceptors (Lipinski definition) is 4. The zero-order valence-electron chi connectivity index (χ0n) is 14.9. The van der Waals surface area contributed by atoms with Crippen molar-refractivity contribution in [1.82, 2.24) is 4.72 Å². The Balaban J connectivity index is 2.30. The van der Waals surface area contributed by atoms with Crippen LogP contribution in [0.1, 0.15) is 29.7 Å². The lowest BCUT2D eigenvalue weighted by molar-refractivity contribution is 0.386. The molecule has 136 valence electrons. The molecule has 0 saturated carbocycles. The number of benzene rings is 2. The molecule has 0 bridgehead atoms. The number of aryl methyl sites for hydroxylation is 2. The molecule has 7 heteroatoms. The topological polar surface area (TPSA) is 64.6 Å². The fourth-order valence-electron chi connectivity index (χ4n) is 2.71. The van der Waals surface area contributed by atoms with E-state index in [-0.39, 0.29) is 10.6 Å². The minimum Gasteiger partial charge on any atom is -0.496 e. The summed E-state index contributed by atoms with van der Waals surface area (Å²) in [5, 5.41) is 0. The molecule has 0 amide bonds. The highest BCUT2D eigenvalue weighted by atomic mass is 32.2. The summed E-state index contributed by atoms with van der Waals surface area (Å²) in [6.45, 7) is 5.22. The summed E-state index contributed by atoms with van der Waals surface area (Å²) < 4.78 is 51.9. The van der Waals surface area contributed by atoms with Crippen molar-refractivity contribution in [3.8, 4) is 11.5 Å². The Morgan fingerprint density at radius 2 is 1.64 bits per heavy atom. The third-order valence-corrected chi connectivity index (χ3v) is 5.48. The summed E-state index contributed by atoms with van der Waals surface area (Å²) in [6, 6.07) is 6.85. The minimum absolute atomic E-state index is 0.111. The molecular formula is C18H22FNO4S. The second kappa shape index (κ2) is 7.41. The average molecular weight is 367 g/mol. The summed E-state index contributed by atoms with van der Waals surface area (Å²) in [5.41, 5.74) is 1.96. The highest BCUT2D eigenvalue weighted by molar-refractivity contribution is 7.89. The highest BCUT2D eigenvalue weighted by Crippen LogP contribution is 2.28. The van der Waals surface area contributed by atoms with E-state index >= 15 is 0 Å². The van der Waals surface area contributed by atoms with Gasteiger partial charge in [-0.1, -0.05) is 6.07 Å². The van der Waals surface area contributed by atoms with Crippen molar-refractivity contribution < 1.29 is 22.3 Å². The number of sulfonamides is 1. The number of rotatable bonds is 6. The van der Waals surface area contributed by atoms with Crippen LogP contribution in [-0.4, -0.2) is 22.6 Å². The van der Waals surface area contributed by atoms with Crippen molar-refractivity contribution in [2.75, 3.05) is 14.2 Å². The standard InChI is InChI=1S/C18H22FNO4S/c1-11-8-15(9-12(2)18(11)24-5)25(21,22)20-13(3)14-6-7-17(23-4)16(19)10-14/h6-10,13,20H,1-5H3. The van der Waals surface area contributed by atoms with Crippen LogP contribution in [0.3, 0.4) is 0 Å². The van der Waals surface area contributed by atoms with Crippen molar-refractivity contribution in [1.29, 1.82) is 0 Å². The van der Waals surface area contributed by atoms with Crippen LogP contribution in [-0.2, 0) is 10.0 Å². The van der Waals surface area contributed by atoms with Crippen molar-refractivity contribution in [2.24, 2.45) is 0 Å². The van der Waals surface area contributed by atoms with Crippen LogP contribution in [0.15, 0.2) is 35.2 Å². The first kappa shape index (κ1) is 19.2. The van der Waals surface area contributed by atoms with Crippen LogP contribution < -0.4 is 14.2 Å². The van der Waals surface area contributed by atoms with E-state index in [2.05, 4.69) is 4.72 Å². The Labute approximate surface area is 147 Å². The van der Waals surface area contributed by atoms with Crippen LogP contribution in [0.2, 0.25) is 0 Å². The van der Waals surface area contributed by atoms with Gasteiger partial charge in [-0.25, -0.2) is 17.5 Å². The quantitative estimate of drug-likeness (QED) is 0.849. The van der Waals surface area contributed by atoms with E-state index in [1.165, 1.54) is 19.2 Å². The molecule has 0 heterocycles. The fraction of sp³-hybridized carbons (Fsp3) is 0.333. The van der Waals surface area contributed by atoms with Gasteiger partial charge in [0, 0.05) is 6.04 Å². The number of halogens is 1. The maximum absolute atomic E-state index is 13.8. The second-order valence-electron chi connectivity index (χ2n) is 5.83. The third-order valence-electron chi connectivity index (χ3n) is 3.96. The molecule has 0 fully saturated rings. The molecule has 0 saturated heterocycles. The van der Waals surface area contributed by atoms with Gasteiger partial charge < -0.3 is 9.47 Å². The summed E-state index contributed by atoms with van der Waals surface area (Å²) in [4.78, 5) is 0.143. The van der Waals surface area contributed by atoms with Gasteiger partial charge in [0.1, 0.15) is 5.75 Å². The molecule has 2 rings (SSSR count). The van der Waals surface area contributed by atoms with E-state index in [0.29, 0.717) is 11.3 Å². The van der Waals surface area contributed by atoms with Gasteiger partial charge in [0.2, 0.25) is 10.0 Å². The molecule has 1 atom stereocenters. The summed E-state index contributed by atoms with van der Waals surface area (Å²) in [6.07, 6.45) is 0. The molecule has 0 spiro atoms. The van der Waals surface area contributed by atoms with Crippen molar-refractivity contribution in [3.05, 3.63) is 52.8 Å². The average Bonchev–Trinajstić information content (AvgIpc) is 2.54. The largest absolute Gasteiger partial charge is 0.496 e. The van der Waals surface area contributed by atoms with Crippen LogP contribution in [0.5, 0.6) is 11.5 Å². The van der Waals surface area contributed by atoms with Gasteiger partial charge in [0.25, 0.3) is 0 Å². The van der Waals surface area contributed by atoms with Crippen LogP contribution in [0.25, 0.3) is 0 Å². The monoisotopic (exact) mass is 367 g/mol. The van der Waals surface area contributed by atoms with Crippen molar-refractivity contribution >= 4 is 10.0 Å². The summed E-state index contributed by atoms with van der Waals surface area (Å²) >= 11 is 0. The van der Waals surface area contributed by atoms with E-state index < -0.39 is 21.9 Å². The molecule has 0 aliphatic heterocycles. The maximum Gasteiger partial charge on any atom is 0.241 e. The van der Waals surface area contributed by atoms with E-state index in [0.717, 1.165) is 11.1 Å². The van der Waals surface area contributed by atoms with Crippen molar-refractivity contribution in [2.45, 2.75) is 31.7 Å². The Morgan fingerprint density at radius 1 is 1.04 bits per heavy atom. The molecule has 0 aromatic heterocycles. The lowest BCUT2D eigenvalue weighted by atomic mass is 10.1. The van der Waals surface area contributed by atoms with Gasteiger partial charge in [-0.05, 0) is 61.7 Å². The van der Waals surface area contributed by atoms with Gasteiger partial charge in [-0.2, -0.15) is 0 Å².